The van der Waals surface area contributed by atoms with Crippen LogP contribution in [0.15, 0.2) is 29.0 Å². The lowest BCUT2D eigenvalue weighted by atomic mass is 10.1. The standard InChI is InChI=1S/C11H12BrN3/c12-8-3-4-11-9(6-8)10(2-1-5-13)14-7-15-11/h3-4,6-7H,1-2,5,13H2. The van der Waals surface area contributed by atoms with Crippen LogP contribution in [-0.4, -0.2) is 16.5 Å². The van der Waals surface area contributed by atoms with Gasteiger partial charge in [-0.15, -0.1) is 0 Å². The van der Waals surface area contributed by atoms with E-state index < -0.39 is 0 Å². The number of nitrogens with two attached hydrogens (primary N) is 1. The van der Waals surface area contributed by atoms with Crippen LogP contribution in [0.4, 0.5) is 0 Å². The van der Waals surface area contributed by atoms with E-state index in [2.05, 4.69) is 32.0 Å². The predicted molar refractivity (Wildman–Crippen MR) is 64.6 cm³/mol. The van der Waals surface area contributed by atoms with Gasteiger partial charge in [0.1, 0.15) is 6.33 Å². The van der Waals surface area contributed by atoms with Gasteiger partial charge in [0, 0.05) is 9.86 Å². The lowest BCUT2D eigenvalue weighted by Gasteiger charge is -2.04. The highest BCUT2D eigenvalue weighted by Crippen LogP contribution is 2.20. The smallest absolute Gasteiger partial charge is 0.116 e. The number of aryl methyl sites for hydroxylation is 1. The van der Waals surface area contributed by atoms with Gasteiger partial charge >= 0.3 is 0 Å². The fourth-order valence-electron chi connectivity index (χ4n) is 1.55. The summed E-state index contributed by atoms with van der Waals surface area (Å²) in [5, 5.41) is 1.11. The molecule has 1 aromatic heterocycles. The van der Waals surface area contributed by atoms with Crippen LogP contribution in [0.1, 0.15) is 12.1 Å². The van der Waals surface area contributed by atoms with Crippen LogP contribution < -0.4 is 5.73 Å². The van der Waals surface area contributed by atoms with E-state index in [9.17, 15) is 0 Å². The lowest BCUT2D eigenvalue weighted by molar-refractivity contribution is 0.814. The van der Waals surface area contributed by atoms with E-state index in [0.717, 1.165) is 33.9 Å². The molecule has 0 aliphatic rings. The Morgan fingerprint density at radius 2 is 2.13 bits per heavy atom. The molecule has 2 rings (SSSR count). The van der Waals surface area contributed by atoms with Crippen molar-refractivity contribution in [1.82, 2.24) is 9.97 Å². The predicted octanol–water partition coefficient (Wildman–Crippen LogP) is 2.28. The molecule has 2 N–H and O–H groups in total. The van der Waals surface area contributed by atoms with Crippen molar-refractivity contribution in [1.29, 1.82) is 0 Å². The number of halogens is 1. The molecule has 0 radical (unpaired) electrons. The van der Waals surface area contributed by atoms with Crippen LogP contribution >= 0.6 is 15.9 Å². The number of aromatic nitrogens is 2. The zero-order chi connectivity index (χ0) is 10.7. The molecule has 0 unspecified atom stereocenters. The van der Waals surface area contributed by atoms with E-state index in [-0.39, 0.29) is 0 Å². The minimum Gasteiger partial charge on any atom is -0.330 e. The maximum absolute atomic E-state index is 5.50. The molecule has 0 spiro atoms. The maximum atomic E-state index is 5.50. The molecule has 3 nitrogen and oxygen atoms in total. The molecule has 15 heavy (non-hydrogen) atoms. The summed E-state index contributed by atoms with van der Waals surface area (Å²) < 4.78 is 1.05. The van der Waals surface area contributed by atoms with Gasteiger partial charge in [0.15, 0.2) is 0 Å². The van der Waals surface area contributed by atoms with Crippen molar-refractivity contribution in [3.8, 4) is 0 Å². The summed E-state index contributed by atoms with van der Waals surface area (Å²) in [6.45, 7) is 0.694. The Morgan fingerprint density at radius 3 is 2.93 bits per heavy atom. The van der Waals surface area contributed by atoms with E-state index in [1.54, 1.807) is 6.33 Å². The number of fused-ring (bicyclic) bond motifs is 1. The summed E-state index contributed by atoms with van der Waals surface area (Å²) in [5.41, 5.74) is 7.56. The van der Waals surface area contributed by atoms with Gasteiger partial charge in [-0.2, -0.15) is 0 Å². The summed E-state index contributed by atoms with van der Waals surface area (Å²) >= 11 is 3.45. The van der Waals surface area contributed by atoms with Crippen molar-refractivity contribution in [3.63, 3.8) is 0 Å². The van der Waals surface area contributed by atoms with E-state index >= 15 is 0 Å². The molecule has 0 bridgehead atoms. The number of nitrogens with zero attached hydrogens (tertiary/aromatic N) is 2. The van der Waals surface area contributed by atoms with Gasteiger partial charge < -0.3 is 5.73 Å². The first-order valence-corrected chi connectivity index (χ1v) is 5.70. The summed E-state index contributed by atoms with van der Waals surface area (Å²) in [7, 11) is 0. The van der Waals surface area contributed by atoms with Gasteiger partial charge in [-0.1, -0.05) is 15.9 Å². The first-order chi connectivity index (χ1) is 7.31. The van der Waals surface area contributed by atoms with Crippen LogP contribution in [-0.2, 0) is 6.42 Å². The van der Waals surface area contributed by atoms with Crippen molar-refractivity contribution in [2.45, 2.75) is 12.8 Å². The van der Waals surface area contributed by atoms with E-state index in [1.165, 1.54) is 0 Å². The summed E-state index contributed by atoms with van der Waals surface area (Å²) in [6, 6.07) is 6.04. The third-order valence-electron chi connectivity index (χ3n) is 2.30. The Bertz CT molecular complexity index is 470. The molecule has 2 aromatic rings. The van der Waals surface area contributed by atoms with Crippen LogP contribution in [0.2, 0.25) is 0 Å². The third-order valence-corrected chi connectivity index (χ3v) is 2.79. The molecule has 0 saturated heterocycles. The van der Waals surface area contributed by atoms with Gasteiger partial charge in [-0.25, -0.2) is 9.97 Å². The Morgan fingerprint density at radius 1 is 1.27 bits per heavy atom. The molecule has 0 fully saturated rings. The minimum atomic E-state index is 0.694. The van der Waals surface area contributed by atoms with E-state index in [0.29, 0.717) is 6.54 Å². The Hall–Kier alpha value is -1.000. The zero-order valence-corrected chi connectivity index (χ0v) is 9.87. The molecule has 1 heterocycles. The molecule has 0 saturated carbocycles. The van der Waals surface area contributed by atoms with E-state index in [4.69, 9.17) is 5.73 Å². The Balaban J connectivity index is 2.48. The quantitative estimate of drug-likeness (QED) is 0.927. The molecule has 0 aliphatic carbocycles. The van der Waals surface area contributed by atoms with Crippen molar-refractivity contribution in [2.75, 3.05) is 6.54 Å². The molecule has 4 heteroatoms. The molecular formula is C11H12BrN3. The Kier molecular flexibility index (Phi) is 3.28. The average molecular weight is 266 g/mol. The van der Waals surface area contributed by atoms with Crippen LogP contribution in [0.3, 0.4) is 0 Å². The molecule has 1 aromatic carbocycles. The highest BCUT2D eigenvalue weighted by Gasteiger charge is 2.03. The zero-order valence-electron chi connectivity index (χ0n) is 8.28. The number of rotatable bonds is 3. The molecule has 0 aliphatic heterocycles. The number of hydrogen-bond donors (Lipinski definition) is 1. The highest BCUT2D eigenvalue weighted by atomic mass is 79.9. The van der Waals surface area contributed by atoms with Crippen LogP contribution in [0.25, 0.3) is 10.9 Å². The first-order valence-electron chi connectivity index (χ1n) is 4.90. The van der Waals surface area contributed by atoms with Gasteiger partial charge in [-0.05, 0) is 37.6 Å². The second-order valence-electron chi connectivity index (χ2n) is 3.37. The summed E-state index contributed by atoms with van der Waals surface area (Å²) in [5.74, 6) is 0. The van der Waals surface area contributed by atoms with Crippen LogP contribution in [0, 0.1) is 0 Å². The topological polar surface area (TPSA) is 51.8 Å². The fourth-order valence-corrected chi connectivity index (χ4v) is 1.91. The van der Waals surface area contributed by atoms with Crippen LogP contribution in [0.5, 0.6) is 0 Å². The van der Waals surface area contributed by atoms with Gasteiger partial charge in [0.05, 0.1) is 11.2 Å². The normalized spacial score (nSPS) is 10.8. The largest absolute Gasteiger partial charge is 0.330 e. The van der Waals surface area contributed by atoms with Crippen molar-refractivity contribution >= 4 is 26.8 Å². The van der Waals surface area contributed by atoms with Crippen molar-refractivity contribution in [2.24, 2.45) is 5.73 Å². The van der Waals surface area contributed by atoms with Gasteiger partial charge in [0.2, 0.25) is 0 Å². The fraction of sp³-hybridized carbons (Fsp3) is 0.273. The van der Waals surface area contributed by atoms with Gasteiger partial charge in [0.25, 0.3) is 0 Å². The SMILES string of the molecule is NCCCc1ncnc2ccc(Br)cc12. The Labute approximate surface area is 96.9 Å². The molecule has 0 atom stereocenters. The third kappa shape index (κ3) is 2.33. The lowest BCUT2D eigenvalue weighted by Crippen LogP contribution is -2.02. The summed E-state index contributed by atoms with van der Waals surface area (Å²) in [4.78, 5) is 8.53. The first kappa shape index (κ1) is 10.5. The highest BCUT2D eigenvalue weighted by molar-refractivity contribution is 9.10. The summed E-state index contributed by atoms with van der Waals surface area (Å²) in [6.07, 6.45) is 3.48. The van der Waals surface area contributed by atoms with E-state index in [1.807, 2.05) is 12.1 Å². The van der Waals surface area contributed by atoms with Crippen molar-refractivity contribution < 1.29 is 0 Å². The number of benzene rings is 1. The maximum Gasteiger partial charge on any atom is 0.116 e. The second kappa shape index (κ2) is 4.68. The molecule has 0 amide bonds. The van der Waals surface area contributed by atoms with Crippen molar-refractivity contribution in [3.05, 3.63) is 34.7 Å². The second-order valence-corrected chi connectivity index (χ2v) is 4.29. The van der Waals surface area contributed by atoms with Gasteiger partial charge in [-0.3, -0.25) is 0 Å². The average Bonchev–Trinajstić information content (AvgIpc) is 2.26. The minimum absolute atomic E-state index is 0.694. The molecular weight excluding hydrogens is 254 g/mol. The number of hydrogen-bond acceptors (Lipinski definition) is 3. The molecule has 78 valence electrons. The monoisotopic (exact) mass is 265 g/mol.